The zero-order chi connectivity index (χ0) is 17.0. The largest absolute Gasteiger partial charge is 0.465 e. The molecule has 1 saturated heterocycles. The van der Waals surface area contributed by atoms with Crippen LogP contribution in [0.3, 0.4) is 0 Å². The number of carbonyl (C=O) groups is 1. The highest BCUT2D eigenvalue weighted by atomic mass is 28.4. The van der Waals surface area contributed by atoms with Crippen LogP contribution >= 0.6 is 0 Å². The lowest BCUT2D eigenvalue weighted by Gasteiger charge is -2.36. The van der Waals surface area contributed by atoms with E-state index in [0.29, 0.717) is 12.5 Å². The van der Waals surface area contributed by atoms with Gasteiger partial charge in [-0.1, -0.05) is 33.6 Å². The van der Waals surface area contributed by atoms with Crippen molar-refractivity contribution in [1.82, 2.24) is 0 Å². The molecule has 0 aromatic heterocycles. The second-order valence-corrected chi connectivity index (χ2v) is 13.8. The second kappa shape index (κ2) is 7.48. The Morgan fingerprint density at radius 1 is 1.27 bits per heavy atom. The maximum atomic E-state index is 11.8. The van der Waals surface area contributed by atoms with Crippen LogP contribution in [0.25, 0.3) is 0 Å². The van der Waals surface area contributed by atoms with Crippen molar-refractivity contribution in [2.24, 2.45) is 11.3 Å². The van der Waals surface area contributed by atoms with Crippen LogP contribution in [0.15, 0.2) is 0 Å². The third-order valence-corrected chi connectivity index (χ3v) is 9.92. The van der Waals surface area contributed by atoms with Crippen LogP contribution in [0.2, 0.25) is 18.1 Å². The molecule has 0 aromatic rings. The summed E-state index contributed by atoms with van der Waals surface area (Å²) in [7, 11) is -1.60. The maximum Gasteiger partial charge on any atom is 0.311 e. The molecular weight excluding hydrogens is 292 g/mol. The molecule has 1 aliphatic rings. The molecular formula is C18H36O3Si. The molecule has 1 heterocycles. The van der Waals surface area contributed by atoms with E-state index in [-0.39, 0.29) is 16.4 Å². The molecule has 1 atom stereocenters. The summed E-state index contributed by atoms with van der Waals surface area (Å²) in [5.74, 6) is 0.575. The average molecular weight is 329 g/mol. The highest BCUT2D eigenvalue weighted by Gasteiger charge is 2.37. The molecule has 0 aliphatic carbocycles. The molecule has 0 N–H and O–H groups in total. The fourth-order valence-electron chi connectivity index (χ4n) is 2.75. The third kappa shape index (κ3) is 5.69. The van der Waals surface area contributed by atoms with Crippen molar-refractivity contribution in [3.8, 4) is 0 Å². The van der Waals surface area contributed by atoms with Crippen LogP contribution in [0.1, 0.15) is 66.7 Å². The molecule has 1 fully saturated rings. The summed E-state index contributed by atoms with van der Waals surface area (Å²) < 4.78 is 11.5. The fraction of sp³-hybridized carbons (Fsp3) is 0.944. The van der Waals surface area contributed by atoms with Crippen molar-refractivity contribution in [3.63, 3.8) is 0 Å². The number of esters is 1. The first-order valence-electron chi connectivity index (χ1n) is 8.77. The smallest absolute Gasteiger partial charge is 0.311 e. The van der Waals surface area contributed by atoms with Gasteiger partial charge in [-0.2, -0.15) is 0 Å². The molecule has 1 aliphatic heterocycles. The summed E-state index contributed by atoms with van der Waals surface area (Å²) in [6.45, 7) is 16.9. The average Bonchev–Trinajstić information content (AvgIpc) is 2.47. The van der Waals surface area contributed by atoms with Crippen molar-refractivity contribution < 1.29 is 14.0 Å². The Morgan fingerprint density at radius 3 is 2.50 bits per heavy atom. The monoisotopic (exact) mass is 328 g/mol. The molecule has 3 nitrogen and oxygen atoms in total. The summed E-state index contributed by atoms with van der Waals surface area (Å²) in [5, 5.41) is 0.288. The quantitative estimate of drug-likeness (QED) is 0.384. The van der Waals surface area contributed by atoms with Crippen molar-refractivity contribution in [1.29, 1.82) is 0 Å². The fourth-order valence-corrected chi connectivity index (χ4v) is 3.83. The lowest BCUT2D eigenvalue weighted by Crippen LogP contribution is -2.40. The van der Waals surface area contributed by atoms with E-state index in [1.165, 1.54) is 12.8 Å². The van der Waals surface area contributed by atoms with Gasteiger partial charge >= 0.3 is 5.97 Å². The first-order valence-corrected chi connectivity index (χ1v) is 11.7. The minimum Gasteiger partial charge on any atom is -0.465 e. The minimum absolute atomic E-state index is 0.0312. The molecule has 0 amide bonds. The Hall–Kier alpha value is -0.353. The summed E-state index contributed by atoms with van der Waals surface area (Å²) in [5.41, 5.74) is -0.321. The molecule has 130 valence electrons. The van der Waals surface area contributed by atoms with E-state index >= 15 is 0 Å². The van der Waals surface area contributed by atoms with Gasteiger partial charge in [0.25, 0.3) is 0 Å². The number of cyclic esters (lactones) is 1. The van der Waals surface area contributed by atoms with Gasteiger partial charge in [0.1, 0.15) is 0 Å². The summed E-state index contributed by atoms with van der Waals surface area (Å²) in [6.07, 6.45) is 5.45. The van der Waals surface area contributed by atoms with E-state index in [9.17, 15) is 4.79 Å². The second-order valence-electron chi connectivity index (χ2n) is 8.98. The standard InChI is InChI=1S/C18H36O3Si/c1-17(2,3)22(6,7)21-12-9-8-10-15-11-13-20-16(19)18(4,5)14-15/h15H,8-14H2,1-7H3/t15-/m1/s1. The number of carbonyl (C=O) groups excluding carboxylic acids is 1. The summed E-state index contributed by atoms with van der Waals surface area (Å²) in [6, 6.07) is 0. The van der Waals surface area contributed by atoms with E-state index in [0.717, 1.165) is 25.9 Å². The number of unbranched alkanes of at least 4 members (excludes halogenated alkanes) is 1. The molecule has 0 aromatic carbocycles. The number of ether oxygens (including phenoxy) is 1. The molecule has 22 heavy (non-hydrogen) atoms. The predicted octanol–water partition coefficient (Wildman–Crippen LogP) is 5.16. The summed E-state index contributed by atoms with van der Waals surface area (Å²) >= 11 is 0. The summed E-state index contributed by atoms with van der Waals surface area (Å²) in [4.78, 5) is 11.8. The first kappa shape index (κ1) is 19.7. The highest BCUT2D eigenvalue weighted by Crippen LogP contribution is 2.37. The Balaban J connectivity index is 2.29. The molecule has 0 unspecified atom stereocenters. The highest BCUT2D eigenvalue weighted by molar-refractivity contribution is 6.74. The van der Waals surface area contributed by atoms with Crippen LogP contribution in [0, 0.1) is 11.3 Å². The first-order chi connectivity index (χ1) is 9.96. The Morgan fingerprint density at radius 2 is 1.91 bits per heavy atom. The predicted molar refractivity (Wildman–Crippen MR) is 94.5 cm³/mol. The van der Waals surface area contributed by atoms with Gasteiger partial charge < -0.3 is 9.16 Å². The van der Waals surface area contributed by atoms with Gasteiger partial charge in [0.15, 0.2) is 8.32 Å². The van der Waals surface area contributed by atoms with Gasteiger partial charge in [-0.3, -0.25) is 4.79 Å². The van der Waals surface area contributed by atoms with Crippen LogP contribution < -0.4 is 0 Å². The normalized spacial score (nSPS) is 23.0. The zero-order valence-electron chi connectivity index (χ0n) is 15.8. The van der Waals surface area contributed by atoms with Crippen LogP contribution in [0.4, 0.5) is 0 Å². The van der Waals surface area contributed by atoms with Crippen molar-refractivity contribution in [2.75, 3.05) is 13.2 Å². The molecule has 0 radical (unpaired) electrons. The maximum absolute atomic E-state index is 11.8. The van der Waals surface area contributed by atoms with Gasteiger partial charge in [0, 0.05) is 6.61 Å². The number of hydrogen-bond donors (Lipinski definition) is 0. The van der Waals surface area contributed by atoms with Gasteiger partial charge in [0.2, 0.25) is 0 Å². The van der Waals surface area contributed by atoms with Gasteiger partial charge in [-0.25, -0.2) is 0 Å². The lowest BCUT2D eigenvalue weighted by molar-refractivity contribution is -0.152. The van der Waals surface area contributed by atoms with Gasteiger partial charge in [0.05, 0.1) is 12.0 Å². The van der Waals surface area contributed by atoms with E-state index in [1.807, 2.05) is 13.8 Å². The zero-order valence-corrected chi connectivity index (χ0v) is 16.8. The molecule has 1 rings (SSSR count). The lowest BCUT2D eigenvalue weighted by atomic mass is 9.80. The van der Waals surface area contributed by atoms with Crippen molar-refractivity contribution in [2.45, 2.75) is 84.9 Å². The minimum atomic E-state index is -1.60. The number of hydrogen-bond acceptors (Lipinski definition) is 3. The van der Waals surface area contributed by atoms with E-state index in [2.05, 4.69) is 33.9 Å². The Bertz CT molecular complexity index is 369. The Labute approximate surface area is 138 Å². The van der Waals surface area contributed by atoms with Crippen molar-refractivity contribution in [3.05, 3.63) is 0 Å². The molecule has 0 bridgehead atoms. The van der Waals surface area contributed by atoms with Crippen molar-refractivity contribution >= 4 is 14.3 Å². The van der Waals surface area contributed by atoms with Crippen LogP contribution in [-0.4, -0.2) is 27.5 Å². The Kier molecular flexibility index (Phi) is 6.69. The van der Waals surface area contributed by atoms with Gasteiger partial charge in [-0.05, 0) is 57.2 Å². The molecule has 0 spiro atoms. The molecule has 4 heteroatoms. The molecule has 0 saturated carbocycles. The van der Waals surface area contributed by atoms with E-state index < -0.39 is 8.32 Å². The van der Waals surface area contributed by atoms with E-state index in [1.54, 1.807) is 0 Å². The van der Waals surface area contributed by atoms with Gasteiger partial charge in [-0.15, -0.1) is 0 Å². The third-order valence-electron chi connectivity index (χ3n) is 5.39. The topological polar surface area (TPSA) is 35.5 Å². The van der Waals surface area contributed by atoms with Crippen LogP contribution in [-0.2, 0) is 14.0 Å². The SMILES string of the molecule is CC1(C)C[C@H](CCCCO[Si](C)(C)C(C)(C)C)CCOC1=O. The van der Waals surface area contributed by atoms with Crippen LogP contribution in [0.5, 0.6) is 0 Å². The van der Waals surface area contributed by atoms with E-state index in [4.69, 9.17) is 9.16 Å². The number of rotatable bonds is 6.